The van der Waals surface area contributed by atoms with Crippen molar-refractivity contribution in [3.05, 3.63) is 71.8 Å². The minimum absolute atomic E-state index is 0.186. The Morgan fingerprint density at radius 2 is 1.62 bits per heavy atom. The second kappa shape index (κ2) is 10.7. The van der Waals surface area contributed by atoms with Crippen molar-refractivity contribution in [1.29, 1.82) is 0 Å². The fourth-order valence-electron chi connectivity index (χ4n) is 4.13. The third-order valence-electron chi connectivity index (χ3n) is 5.89. The number of halogens is 3. The standard InChI is InChI=1S/C27H24F3N3O4/c1-36-20-9-7-16(12-21(20)37-2)25-23(24(28)26(29)30)18-11-15(6-8-19(18)33-25)14-4-3-5-17(10-14)27(35)32-13-22(31)34/h3-12,24,26,33H,13H2,1-2H3,(H2,31,34)(H,32,35). The normalized spacial score (nSPS) is 11.9. The number of alkyl halides is 3. The topological polar surface area (TPSA) is 106 Å². The Labute approximate surface area is 210 Å². The summed E-state index contributed by atoms with van der Waals surface area (Å²) in [5, 5.41) is 2.69. The van der Waals surface area contributed by atoms with Crippen LogP contribution in [-0.2, 0) is 4.79 Å². The van der Waals surface area contributed by atoms with E-state index in [1.54, 1.807) is 60.7 Å². The Morgan fingerprint density at radius 3 is 2.30 bits per heavy atom. The number of aromatic nitrogens is 1. The maximum Gasteiger partial charge on any atom is 0.273 e. The average Bonchev–Trinajstić information content (AvgIpc) is 3.29. The predicted molar refractivity (Wildman–Crippen MR) is 134 cm³/mol. The van der Waals surface area contributed by atoms with Crippen LogP contribution in [0.25, 0.3) is 33.3 Å². The smallest absolute Gasteiger partial charge is 0.273 e. The molecule has 10 heteroatoms. The van der Waals surface area contributed by atoms with Gasteiger partial charge in [0.25, 0.3) is 12.3 Å². The summed E-state index contributed by atoms with van der Waals surface area (Å²) in [4.78, 5) is 26.4. The number of rotatable bonds is 9. The molecule has 4 aromatic rings. The molecule has 4 N–H and O–H groups in total. The lowest BCUT2D eigenvalue weighted by Crippen LogP contribution is -2.33. The summed E-state index contributed by atoms with van der Waals surface area (Å²) < 4.78 is 52.9. The Balaban J connectivity index is 1.83. The highest BCUT2D eigenvalue weighted by Gasteiger charge is 2.29. The van der Waals surface area contributed by atoms with Crippen molar-refractivity contribution in [2.24, 2.45) is 5.73 Å². The molecule has 0 aliphatic carbocycles. The zero-order chi connectivity index (χ0) is 26.7. The van der Waals surface area contributed by atoms with Gasteiger partial charge in [-0.05, 0) is 53.6 Å². The fourth-order valence-corrected chi connectivity index (χ4v) is 4.13. The maximum absolute atomic E-state index is 15.0. The van der Waals surface area contributed by atoms with Crippen molar-refractivity contribution in [3.63, 3.8) is 0 Å². The van der Waals surface area contributed by atoms with Crippen molar-refractivity contribution in [3.8, 4) is 33.9 Å². The maximum atomic E-state index is 15.0. The molecule has 3 aromatic carbocycles. The van der Waals surface area contributed by atoms with E-state index < -0.39 is 24.4 Å². The van der Waals surface area contributed by atoms with Gasteiger partial charge in [-0.3, -0.25) is 9.59 Å². The van der Waals surface area contributed by atoms with E-state index in [0.717, 1.165) is 0 Å². The van der Waals surface area contributed by atoms with Crippen LogP contribution >= 0.6 is 0 Å². The number of aromatic amines is 1. The number of ether oxygens (including phenoxy) is 2. The molecular formula is C27H24F3N3O4. The monoisotopic (exact) mass is 511 g/mol. The molecule has 1 heterocycles. The Morgan fingerprint density at radius 1 is 0.919 bits per heavy atom. The molecule has 2 amide bonds. The first-order valence-corrected chi connectivity index (χ1v) is 11.2. The number of benzene rings is 3. The number of nitrogens with two attached hydrogens (primary N) is 1. The number of H-pyrrole nitrogens is 1. The highest BCUT2D eigenvalue weighted by atomic mass is 19.3. The molecule has 4 rings (SSSR count). The zero-order valence-corrected chi connectivity index (χ0v) is 20.0. The summed E-state index contributed by atoms with van der Waals surface area (Å²) in [5.41, 5.74) is 7.44. The van der Waals surface area contributed by atoms with Crippen LogP contribution < -0.4 is 20.5 Å². The van der Waals surface area contributed by atoms with Crippen LogP contribution in [0.1, 0.15) is 22.1 Å². The molecule has 1 atom stereocenters. The second-order valence-corrected chi connectivity index (χ2v) is 8.21. The third-order valence-corrected chi connectivity index (χ3v) is 5.89. The van der Waals surface area contributed by atoms with E-state index in [9.17, 15) is 18.4 Å². The van der Waals surface area contributed by atoms with Gasteiger partial charge in [0.15, 0.2) is 17.7 Å². The Bertz CT molecular complexity index is 1470. The Hall–Kier alpha value is -4.47. The van der Waals surface area contributed by atoms with E-state index in [4.69, 9.17) is 15.2 Å². The fraction of sp³-hybridized carbons (Fsp3) is 0.185. The summed E-state index contributed by atoms with van der Waals surface area (Å²) >= 11 is 0. The number of amides is 2. The molecule has 1 unspecified atom stereocenters. The molecule has 0 radical (unpaired) electrons. The van der Waals surface area contributed by atoms with Gasteiger partial charge in [0.1, 0.15) is 0 Å². The average molecular weight is 512 g/mol. The lowest BCUT2D eigenvalue weighted by molar-refractivity contribution is -0.117. The van der Waals surface area contributed by atoms with Gasteiger partial charge in [-0.25, -0.2) is 13.2 Å². The van der Waals surface area contributed by atoms with Crippen molar-refractivity contribution < 1.29 is 32.2 Å². The van der Waals surface area contributed by atoms with Gasteiger partial charge >= 0.3 is 0 Å². The first-order valence-electron chi connectivity index (χ1n) is 11.2. The molecule has 0 aliphatic heterocycles. The highest BCUT2D eigenvalue weighted by Crippen LogP contribution is 2.42. The van der Waals surface area contributed by atoms with Crippen molar-refractivity contribution in [2.45, 2.75) is 12.6 Å². The number of hydrogen-bond donors (Lipinski definition) is 3. The molecule has 0 aliphatic rings. The van der Waals surface area contributed by atoms with Crippen LogP contribution in [0.4, 0.5) is 13.2 Å². The first-order chi connectivity index (χ1) is 17.7. The summed E-state index contributed by atoms with van der Waals surface area (Å²) in [6, 6.07) is 16.3. The van der Waals surface area contributed by atoms with Gasteiger partial charge in [-0.1, -0.05) is 18.2 Å². The Kier molecular flexibility index (Phi) is 7.37. The number of primary amides is 1. The number of carbonyl (C=O) groups is 2. The highest BCUT2D eigenvalue weighted by molar-refractivity contribution is 5.98. The van der Waals surface area contributed by atoms with E-state index >= 15 is 4.39 Å². The molecule has 0 saturated heterocycles. The van der Waals surface area contributed by atoms with Crippen LogP contribution in [0.5, 0.6) is 11.5 Å². The van der Waals surface area contributed by atoms with Gasteiger partial charge < -0.3 is 25.5 Å². The summed E-state index contributed by atoms with van der Waals surface area (Å²) in [6.45, 7) is -0.313. The largest absolute Gasteiger partial charge is 0.493 e. The molecular weight excluding hydrogens is 487 g/mol. The van der Waals surface area contributed by atoms with Crippen LogP contribution in [0.3, 0.4) is 0 Å². The lowest BCUT2D eigenvalue weighted by Gasteiger charge is -2.13. The molecule has 37 heavy (non-hydrogen) atoms. The van der Waals surface area contributed by atoms with Crippen LogP contribution in [-0.4, -0.2) is 44.0 Å². The van der Waals surface area contributed by atoms with E-state index in [1.165, 1.54) is 14.2 Å². The van der Waals surface area contributed by atoms with Gasteiger partial charge in [0.05, 0.1) is 26.5 Å². The van der Waals surface area contributed by atoms with Gasteiger partial charge in [-0.15, -0.1) is 0 Å². The molecule has 1 aromatic heterocycles. The number of hydrogen-bond acceptors (Lipinski definition) is 4. The number of nitrogens with one attached hydrogen (secondary N) is 2. The second-order valence-electron chi connectivity index (χ2n) is 8.21. The molecule has 0 spiro atoms. The zero-order valence-electron chi connectivity index (χ0n) is 20.0. The molecule has 192 valence electrons. The van der Waals surface area contributed by atoms with E-state index in [-0.39, 0.29) is 28.8 Å². The van der Waals surface area contributed by atoms with Crippen molar-refractivity contribution in [1.82, 2.24) is 10.3 Å². The number of methoxy groups -OCH3 is 2. The van der Waals surface area contributed by atoms with Crippen LogP contribution in [0, 0.1) is 0 Å². The van der Waals surface area contributed by atoms with Crippen LogP contribution in [0.15, 0.2) is 60.7 Å². The SMILES string of the molecule is COc1ccc(-c2[nH]c3ccc(-c4cccc(C(=O)NCC(N)=O)c4)cc3c2C(F)C(F)F)cc1OC. The predicted octanol–water partition coefficient (Wildman–Crippen LogP) is 5.01. The van der Waals surface area contributed by atoms with E-state index in [2.05, 4.69) is 10.3 Å². The quantitative estimate of drug-likeness (QED) is 0.294. The summed E-state index contributed by atoms with van der Waals surface area (Å²) in [7, 11) is 2.91. The van der Waals surface area contributed by atoms with Crippen molar-refractivity contribution >= 4 is 22.7 Å². The first kappa shape index (κ1) is 25.6. The molecule has 0 saturated carbocycles. The third kappa shape index (κ3) is 5.23. The van der Waals surface area contributed by atoms with E-state index in [1.807, 2.05) is 0 Å². The van der Waals surface area contributed by atoms with Crippen molar-refractivity contribution in [2.75, 3.05) is 20.8 Å². The van der Waals surface area contributed by atoms with Crippen LogP contribution in [0.2, 0.25) is 0 Å². The minimum Gasteiger partial charge on any atom is -0.493 e. The number of fused-ring (bicyclic) bond motifs is 1. The summed E-state index contributed by atoms with van der Waals surface area (Å²) in [5.74, 6) is -0.373. The number of carbonyl (C=O) groups excluding carboxylic acids is 2. The molecule has 0 bridgehead atoms. The molecule has 0 fully saturated rings. The van der Waals surface area contributed by atoms with Gasteiger partial charge in [0.2, 0.25) is 5.91 Å². The summed E-state index contributed by atoms with van der Waals surface area (Å²) in [6.07, 6.45) is -5.81. The van der Waals surface area contributed by atoms with Gasteiger partial charge in [-0.2, -0.15) is 0 Å². The molecule has 7 nitrogen and oxygen atoms in total. The van der Waals surface area contributed by atoms with Gasteiger partial charge in [0, 0.05) is 27.6 Å². The lowest BCUT2D eigenvalue weighted by atomic mass is 9.97. The minimum atomic E-state index is -3.25. The van der Waals surface area contributed by atoms with E-state index in [0.29, 0.717) is 33.7 Å².